The number of benzene rings is 1. The Hall–Kier alpha value is -2.27. The molecular weight excluding hydrogens is 397 g/mol. The van der Waals surface area contributed by atoms with Gasteiger partial charge in [0.05, 0.1) is 37.4 Å². The van der Waals surface area contributed by atoms with Crippen LogP contribution in [-0.4, -0.2) is 9.97 Å². The number of thiazole rings is 1. The van der Waals surface area contributed by atoms with Crippen LogP contribution in [0.2, 0.25) is 10.0 Å². The molecule has 3 aromatic heterocycles. The first kappa shape index (κ1) is 18.1. The monoisotopic (exact) mass is 412 g/mol. The standard InChI is InChI=1S/C21H16Cl2N3S/c1-13-14(2)27-12-26(13)21-17(19-8-6-15(22)10-24-19)4-3-5-18(21)20-9-7-16(23)11-25-20/h3-12H,1-2H3/q+1. The Bertz CT molecular complexity index is 1040. The van der Waals surface area contributed by atoms with E-state index in [9.17, 15) is 0 Å². The molecule has 0 N–H and O–H groups in total. The lowest BCUT2D eigenvalue weighted by Crippen LogP contribution is -2.33. The summed E-state index contributed by atoms with van der Waals surface area (Å²) in [7, 11) is 0. The van der Waals surface area contributed by atoms with Crippen LogP contribution in [0.1, 0.15) is 10.6 Å². The van der Waals surface area contributed by atoms with Gasteiger partial charge in [-0.1, -0.05) is 40.6 Å². The van der Waals surface area contributed by atoms with Crippen LogP contribution in [0.25, 0.3) is 28.2 Å². The van der Waals surface area contributed by atoms with Gasteiger partial charge in [-0.15, -0.1) is 0 Å². The van der Waals surface area contributed by atoms with E-state index >= 15 is 0 Å². The van der Waals surface area contributed by atoms with E-state index in [-0.39, 0.29) is 0 Å². The topological polar surface area (TPSA) is 29.7 Å². The van der Waals surface area contributed by atoms with Crippen LogP contribution in [0, 0.1) is 13.8 Å². The van der Waals surface area contributed by atoms with Crippen molar-refractivity contribution in [2.45, 2.75) is 13.8 Å². The Balaban J connectivity index is 2.02. The third-order valence-corrected chi connectivity index (χ3v) is 5.90. The lowest BCUT2D eigenvalue weighted by Gasteiger charge is -2.10. The summed E-state index contributed by atoms with van der Waals surface area (Å²) < 4.78 is 2.21. The quantitative estimate of drug-likeness (QED) is 0.382. The highest BCUT2D eigenvalue weighted by atomic mass is 35.5. The summed E-state index contributed by atoms with van der Waals surface area (Å²) in [5.41, 5.74) is 8.12. The van der Waals surface area contributed by atoms with Gasteiger partial charge in [0.15, 0.2) is 5.69 Å². The highest BCUT2D eigenvalue weighted by Crippen LogP contribution is 2.32. The SMILES string of the molecule is Cc1sc[n+](-c2c(-c3ccc(Cl)cn3)cccc2-c2ccc(Cl)cn2)c1C. The lowest BCUT2D eigenvalue weighted by atomic mass is 10.0. The molecule has 0 spiro atoms. The summed E-state index contributed by atoms with van der Waals surface area (Å²) in [6, 6.07) is 13.8. The Kier molecular flexibility index (Phi) is 4.96. The zero-order valence-electron chi connectivity index (χ0n) is 14.8. The lowest BCUT2D eigenvalue weighted by molar-refractivity contribution is -0.596. The van der Waals surface area contributed by atoms with Gasteiger partial charge >= 0.3 is 0 Å². The van der Waals surface area contributed by atoms with Crippen LogP contribution in [0.3, 0.4) is 0 Å². The average molecular weight is 413 g/mol. The minimum atomic E-state index is 0.617. The van der Waals surface area contributed by atoms with Gasteiger partial charge in [-0.05, 0) is 43.3 Å². The van der Waals surface area contributed by atoms with E-state index in [4.69, 9.17) is 23.2 Å². The summed E-state index contributed by atoms with van der Waals surface area (Å²) >= 11 is 13.8. The van der Waals surface area contributed by atoms with Gasteiger partial charge in [-0.25, -0.2) is 0 Å². The molecule has 1 aromatic carbocycles. The fourth-order valence-corrected chi connectivity index (χ4v) is 3.99. The van der Waals surface area contributed by atoms with Crippen molar-refractivity contribution in [2.75, 3.05) is 0 Å². The van der Waals surface area contributed by atoms with Crippen molar-refractivity contribution in [1.29, 1.82) is 0 Å². The number of rotatable bonds is 3. The van der Waals surface area contributed by atoms with Crippen LogP contribution in [0.5, 0.6) is 0 Å². The molecule has 0 fully saturated rings. The number of hydrogen-bond acceptors (Lipinski definition) is 3. The molecule has 0 bridgehead atoms. The van der Waals surface area contributed by atoms with Gasteiger partial charge in [-0.2, -0.15) is 4.57 Å². The first-order valence-corrected chi connectivity index (χ1v) is 10.0. The number of para-hydroxylation sites is 1. The van der Waals surface area contributed by atoms with Crippen LogP contribution in [0.15, 0.2) is 60.4 Å². The fraction of sp³-hybridized carbons (Fsp3) is 0.0952. The Labute approximate surface area is 171 Å². The summed E-state index contributed by atoms with van der Waals surface area (Å²) in [5, 5.41) is 1.23. The van der Waals surface area contributed by atoms with Crippen molar-refractivity contribution >= 4 is 34.5 Å². The molecular formula is C21H16Cl2N3S+. The van der Waals surface area contributed by atoms with Gasteiger partial charge in [0.25, 0.3) is 0 Å². The van der Waals surface area contributed by atoms with E-state index < -0.39 is 0 Å². The third kappa shape index (κ3) is 3.48. The van der Waals surface area contributed by atoms with Gasteiger partial charge in [-0.3, -0.25) is 9.97 Å². The first-order chi connectivity index (χ1) is 13.0. The van der Waals surface area contributed by atoms with Crippen molar-refractivity contribution in [3.63, 3.8) is 0 Å². The van der Waals surface area contributed by atoms with Crippen LogP contribution >= 0.6 is 34.5 Å². The molecule has 0 aliphatic rings. The van der Waals surface area contributed by atoms with E-state index in [0.717, 1.165) is 28.2 Å². The molecule has 0 aliphatic carbocycles. The predicted molar refractivity (Wildman–Crippen MR) is 112 cm³/mol. The molecule has 4 aromatic rings. The zero-order chi connectivity index (χ0) is 19.0. The molecule has 0 unspecified atom stereocenters. The highest BCUT2D eigenvalue weighted by Gasteiger charge is 2.25. The molecule has 6 heteroatoms. The maximum absolute atomic E-state index is 6.04. The third-order valence-electron chi connectivity index (χ3n) is 4.49. The smallest absolute Gasteiger partial charge is 0.231 e. The van der Waals surface area contributed by atoms with E-state index in [1.54, 1.807) is 23.7 Å². The van der Waals surface area contributed by atoms with Crippen LogP contribution in [-0.2, 0) is 0 Å². The van der Waals surface area contributed by atoms with E-state index in [0.29, 0.717) is 10.0 Å². The second-order valence-electron chi connectivity index (χ2n) is 6.16. The Morgan fingerprint density at radius 2 is 1.37 bits per heavy atom. The number of aromatic nitrogens is 3. The molecule has 0 amide bonds. The molecule has 0 radical (unpaired) electrons. The average Bonchev–Trinajstić information content (AvgIpc) is 3.01. The largest absolute Gasteiger partial charge is 0.254 e. The highest BCUT2D eigenvalue weighted by molar-refractivity contribution is 7.09. The van der Waals surface area contributed by atoms with Crippen molar-refractivity contribution in [2.24, 2.45) is 0 Å². The molecule has 3 nitrogen and oxygen atoms in total. The first-order valence-electron chi connectivity index (χ1n) is 8.38. The van der Waals surface area contributed by atoms with E-state index in [1.165, 1.54) is 10.6 Å². The second-order valence-corrected chi connectivity index (χ2v) is 8.09. The Morgan fingerprint density at radius 1 is 0.815 bits per heavy atom. The normalized spacial score (nSPS) is 11.0. The Morgan fingerprint density at radius 3 is 1.78 bits per heavy atom. The van der Waals surface area contributed by atoms with Gasteiger partial charge in [0.1, 0.15) is 0 Å². The molecule has 0 atom stereocenters. The number of halogens is 2. The minimum Gasteiger partial charge on any atom is -0.254 e. The maximum Gasteiger partial charge on any atom is 0.231 e. The summed E-state index contributed by atoms with van der Waals surface area (Å²) in [6.45, 7) is 4.25. The summed E-state index contributed by atoms with van der Waals surface area (Å²) in [5.74, 6) is 0. The molecule has 27 heavy (non-hydrogen) atoms. The molecule has 0 saturated heterocycles. The van der Waals surface area contributed by atoms with Crippen LogP contribution in [0.4, 0.5) is 0 Å². The maximum atomic E-state index is 6.04. The van der Waals surface area contributed by atoms with Crippen molar-refractivity contribution in [3.05, 3.63) is 81.0 Å². The number of aryl methyl sites for hydroxylation is 1. The van der Waals surface area contributed by atoms with Gasteiger partial charge < -0.3 is 0 Å². The predicted octanol–water partition coefficient (Wildman–Crippen LogP) is 6.07. The molecule has 4 rings (SSSR count). The zero-order valence-corrected chi connectivity index (χ0v) is 17.1. The van der Waals surface area contributed by atoms with Gasteiger partial charge in [0, 0.05) is 19.3 Å². The molecule has 3 heterocycles. The second kappa shape index (κ2) is 7.39. The summed E-state index contributed by atoms with van der Waals surface area (Å²) in [4.78, 5) is 10.3. The molecule has 0 saturated carbocycles. The molecule has 0 aliphatic heterocycles. The van der Waals surface area contributed by atoms with E-state index in [1.807, 2.05) is 30.3 Å². The van der Waals surface area contributed by atoms with E-state index in [2.05, 4.69) is 46.0 Å². The van der Waals surface area contributed by atoms with Crippen molar-refractivity contribution in [1.82, 2.24) is 9.97 Å². The van der Waals surface area contributed by atoms with Crippen molar-refractivity contribution < 1.29 is 4.57 Å². The van der Waals surface area contributed by atoms with Crippen LogP contribution < -0.4 is 4.57 Å². The van der Waals surface area contributed by atoms with Gasteiger partial charge in [0.2, 0.25) is 11.2 Å². The molecule has 134 valence electrons. The summed E-state index contributed by atoms with van der Waals surface area (Å²) in [6.07, 6.45) is 3.34. The number of pyridine rings is 2. The number of nitrogens with zero attached hydrogens (tertiary/aromatic N) is 3. The minimum absolute atomic E-state index is 0.617. The number of hydrogen-bond donors (Lipinski definition) is 0. The van der Waals surface area contributed by atoms with Crippen molar-refractivity contribution in [3.8, 4) is 28.2 Å². The fourth-order valence-electron chi connectivity index (χ4n) is 2.97.